The number of aryl methyl sites for hydroxylation is 1. The molecule has 0 radical (unpaired) electrons. The Morgan fingerprint density at radius 3 is 2.95 bits per heavy atom. The molecule has 0 spiro atoms. The Hall–Kier alpha value is -2.48. The highest BCUT2D eigenvalue weighted by molar-refractivity contribution is 7.15. The number of urea groups is 1. The highest BCUT2D eigenvalue weighted by Gasteiger charge is 2.19. The number of carbonyl (C=O) groups excluding carboxylic acids is 2. The van der Waals surface area contributed by atoms with Crippen molar-refractivity contribution in [2.24, 2.45) is 0 Å². The molecule has 0 saturated carbocycles. The first kappa shape index (κ1) is 14.5. The van der Waals surface area contributed by atoms with Crippen LogP contribution in [0.1, 0.15) is 29.1 Å². The Morgan fingerprint density at radius 2 is 2.23 bits per heavy atom. The van der Waals surface area contributed by atoms with Gasteiger partial charge in [0.2, 0.25) is 11.0 Å². The molecule has 0 aliphatic carbocycles. The summed E-state index contributed by atoms with van der Waals surface area (Å²) in [4.78, 5) is 23.3. The molecule has 1 aromatic carbocycles. The van der Waals surface area contributed by atoms with Gasteiger partial charge >= 0.3 is 6.03 Å². The molecule has 1 aliphatic heterocycles. The first-order chi connectivity index (χ1) is 10.5. The van der Waals surface area contributed by atoms with Gasteiger partial charge in [-0.1, -0.05) is 23.5 Å². The van der Waals surface area contributed by atoms with Gasteiger partial charge in [0.1, 0.15) is 5.01 Å². The molecule has 1 atom stereocenters. The maximum Gasteiger partial charge on any atom is 0.321 e. The first-order valence-corrected chi connectivity index (χ1v) is 7.63. The number of nitrogens with zero attached hydrogens (tertiary/aromatic N) is 2. The van der Waals surface area contributed by atoms with E-state index in [1.54, 1.807) is 0 Å². The summed E-state index contributed by atoms with van der Waals surface area (Å²) in [5, 5.41) is 17.2. The van der Waals surface area contributed by atoms with Crippen molar-refractivity contribution in [1.29, 1.82) is 0 Å². The second-order valence-electron chi connectivity index (χ2n) is 5.09. The predicted molar refractivity (Wildman–Crippen MR) is 84.0 cm³/mol. The van der Waals surface area contributed by atoms with Gasteiger partial charge in [-0.2, -0.15) is 0 Å². The molecule has 0 bridgehead atoms. The van der Waals surface area contributed by atoms with Crippen LogP contribution in [0.4, 0.5) is 15.6 Å². The summed E-state index contributed by atoms with van der Waals surface area (Å²) in [6.45, 7) is 3.71. The lowest BCUT2D eigenvalue weighted by atomic mass is 10.0. The largest absolute Gasteiger partial charge is 0.331 e. The molecular formula is C14H15N5O2S. The van der Waals surface area contributed by atoms with E-state index in [1.807, 2.05) is 32.0 Å². The van der Waals surface area contributed by atoms with E-state index in [-0.39, 0.29) is 18.0 Å². The molecule has 7 nitrogen and oxygen atoms in total. The number of nitrogens with one attached hydrogen (secondary N) is 3. The smallest absolute Gasteiger partial charge is 0.321 e. The summed E-state index contributed by atoms with van der Waals surface area (Å²) in [5.41, 5.74) is 2.74. The monoisotopic (exact) mass is 317 g/mol. The van der Waals surface area contributed by atoms with Crippen molar-refractivity contribution in [2.75, 3.05) is 10.6 Å². The number of hydrogen-bond acceptors (Lipinski definition) is 5. The third-order valence-corrected chi connectivity index (χ3v) is 4.10. The topological polar surface area (TPSA) is 96.0 Å². The minimum Gasteiger partial charge on any atom is -0.331 e. The van der Waals surface area contributed by atoms with Crippen molar-refractivity contribution in [3.05, 3.63) is 34.3 Å². The van der Waals surface area contributed by atoms with Crippen LogP contribution in [0.3, 0.4) is 0 Å². The minimum atomic E-state index is -0.335. The molecular weight excluding hydrogens is 302 g/mol. The van der Waals surface area contributed by atoms with Crippen LogP contribution in [0, 0.1) is 6.92 Å². The summed E-state index contributed by atoms with van der Waals surface area (Å²) in [6.07, 6.45) is 0.381. The number of hydrogen-bond donors (Lipinski definition) is 3. The highest BCUT2D eigenvalue weighted by atomic mass is 32.1. The van der Waals surface area contributed by atoms with Crippen LogP contribution >= 0.6 is 11.3 Å². The van der Waals surface area contributed by atoms with Crippen LogP contribution in [0.2, 0.25) is 0 Å². The van der Waals surface area contributed by atoms with E-state index in [1.165, 1.54) is 11.3 Å². The fourth-order valence-electron chi connectivity index (χ4n) is 2.28. The van der Waals surface area contributed by atoms with Crippen molar-refractivity contribution in [3.8, 4) is 0 Å². The van der Waals surface area contributed by atoms with Gasteiger partial charge in [-0.15, -0.1) is 10.2 Å². The van der Waals surface area contributed by atoms with Crippen molar-refractivity contribution in [1.82, 2.24) is 15.5 Å². The zero-order valence-electron chi connectivity index (χ0n) is 12.1. The van der Waals surface area contributed by atoms with Gasteiger partial charge in [-0.25, -0.2) is 4.79 Å². The molecule has 0 fully saturated rings. The van der Waals surface area contributed by atoms with E-state index in [9.17, 15) is 9.59 Å². The van der Waals surface area contributed by atoms with Crippen LogP contribution in [0.25, 0.3) is 0 Å². The molecule has 3 N–H and O–H groups in total. The number of amides is 3. The fraction of sp³-hybridized carbons (Fsp3) is 0.286. The van der Waals surface area contributed by atoms with Gasteiger partial charge in [0.05, 0.1) is 12.5 Å². The molecule has 0 saturated heterocycles. The fourth-order valence-corrected chi connectivity index (χ4v) is 2.87. The SMILES string of the molecule is Cc1nnc(NC(=O)NC(C)c2ccc3c(c2)CC(=O)N3)s1. The summed E-state index contributed by atoms with van der Waals surface area (Å²) < 4.78 is 0. The van der Waals surface area contributed by atoms with E-state index in [0.29, 0.717) is 11.6 Å². The number of rotatable bonds is 3. The molecule has 22 heavy (non-hydrogen) atoms. The lowest BCUT2D eigenvalue weighted by Crippen LogP contribution is -2.31. The third kappa shape index (κ3) is 3.06. The second kappa shape index (κ2) is 5.72. The lowest BCUT2D eigenvalue weighted by molar-refractivity contribution is -0.115. The maximum atomic E-state index is 11.9. The summed E-state index contributed by atoms with van der Waals surface area (Å²) in [6, 6.07) is 5.17. The molecule has 8 heteroatoms. The number of aromatic nitrogens is 2. The maximum absolute atomic E-state index is 11.9. The van der Waals surface area contributed by atoms with Gasteiger partial charge in [0.25, 0.3) is 0 Å². The average molecular weight is 317 g/mol. The van der Waals surface area contributed by atoms with E-state index < -0.39 is 0 Å². The molecule has 114 valence electrons. The standard InChI is InChI=1S/C14H15N5O2S/c1-7(15-13(21)17-14-19-18-8(2)22-14)9-3-4-11-10(5-9)6-12(20)16-11/h3-5,7H,6H2,1-2H3,(H,16,20)(H2,15,17,19,21). The van der Waals surface area contributed by atoms with Gasteiger partial charge in [0, 0.05) is 5.69 Å². The predicted octanol–water partition coefficient (Wildman–Crippen LogP) is 2.22. The molecule has 1 unspecified atom stereocenters. The molecule has 3 rings (SSSR count). The lowest BCUT2D eigenvalue weighted by Gasteiger charge is -2.15. The summed E-state index contributed by atoms with van der Waals surface area (Å²) in [7, 11) is 0. The zero-order chi connectivity index (χ0) is 15.7. The molecule has 1 aliphatic rings. The number of anilines is 2. The normalized spacial score (nSPS) is 14.2. The minimum absolute atomic E-state index is 0.00264. The second-order valence-corrected chi connectivity index (χ2v) is 6.27. The van der Waals surface area contributed by atoms with Crippen LogP contribution in [-0.4, -0.2) is 22.1 Å². The Labute approximate surface area is 131 Å². The Bertz CT molecular complexity index is 743. The van der Waals surface area contributed by atoms with Crippen molar-refractivity contribution in [2.45, 2.75) is 26.3 Å². The van der Waals surface area contributed by atoms with Crippen LogP contribution < -0.4 is 16.0 Å². The van der Waals surface area contributed by atoms with Gasteiger partial charge in [-0.05, 0) is 31.0 Å². The zero-order valence-corrected chi connectivity index (χ0v) is 13.0. The number of fused-ring (bicyclic) bond motifs is 1. The van der Waals surface area contributed by atoms with E-state index in [0.717, 1.165) is 21.8 Å². The summed E-state index contributed by atoms with van der Waals surface area (Å²) >= 11 is 1.32. The average Bonchev–Trinajstić information content (AvgIpc) is 3.02. The van der Waals surface area contributed by atoms with E-state index >= 15 is 0 Å². The van der Waals surface area contributed by atoms with Crippen molar-refractivity contribution in [3.63, 3.8) is 0 Å². The van der Waals surface area contributed by atoms with Gasteiger partial charge < -0.3 is 10.6 Å². The molecule has 2 heterocycles. The van der Waals surface area contributed by atoms with Gasteiger partial charge in [-0.3, -0.25) is 10.1 Å². The quantitative estimate of drug-likeness (QED) is 0.809. The Kier molecular flexibility index (Phi) is 3.76. The number of carbonyl (C=O) groups is 2. The van der Waals surface area contributed by atoms with Crippen LogP contribution in [0.5, 0.6) is 0 Å². The van der Waals surface area contributed by atoms with E-state index in [4.69, 9.17) is 0 Å². The van der Waals surface area contributed by atoms with Gasteiger partial charge in [0.15, 0.2) is 0 Å². The summed E-state index contributed by atoms with van der Waals surface area (Å²) in [5.74, 6) is -0.00264. The molecule has 2 aromatic rings. The molecule has 3 amide bonds. The first-order valence-electron chi connectivity index (χ1n) is 6.81. The third-order valence-electron chi connectivity index (χ3n) is 3.35. The highest BCUT2D eigenvalue weighted by Crippen LogP contribution is 2.26. The van der Waals surface area contributed by atoms with Crippen LogP contribution in [-0.2, 0) is 11.2 Å². The van der Waals surface area contributed by atoms with Crippen molar-refractivity contribution >= 4 is 34.1 Å². The molecule has 1 aromatic heterocycles. The van der Waals surface area contributed by atoms with E-state index in [2.05, 4.69) is 26.1 Å². The number of benzene rings is 1. The Balaban J connectivity index is 1.64. The van der Waals surface area contributed by atoms with Crippen LogP contribution in [0.15, 0.2) is 18.2 Å². The Morgan fingerprint density at radius 1 is 1.41 bits per heavy atom. The van der Waals surface area contributed by atoms with Crippen molar-refractivity contribution < 1.29 is 9.59 Å².